The second-order valence-electron chi connectivity index (χ2n) is 26.0. The number of nitriles is 4. The van der Waals surface area contributed by atoms with Crippen LogP contribution in [-0.4, -0.2) is 66.7 Å². The van der Waals surface area contributed by atoms with Crippen molar-refractivity contribution < 1.29 is 9.53 Å². The molecule has 0 aliphatic heterocycles. The summed E-state index contributed by atoms with van der Waals surface area (Å²) < 4.78 is 15.9. The standard InChI is InChI=1S/C91H60N14O2/c1-55-82(105-81-46-38-60(54-95)50-74(81)70-31-20-30-66(83(70)105)61-39-41-64(42-40-61)90(99-89(97-3)63-23-10-6-11-24-63)100-101(4)91(65-25-12-7-13-26-65)98-88(96)62-21-8-5-9-22-62)84(102-75-32-17-14-27-67(75)71-47-57(51-92)35-43-78(71)102)85(103-76-33-18-15-28-68(76)72-48-58(52-93)36-44-79(72)103)86(87(55)107-56(2)106)104-77-34-19-16-29-69(77)73-49-59(53-94)37-45-80(73)104/h5-50,96H,1-4H3,(H,97,99,100). The lowest BCUT2D eigenvalue weighted by atomic mass is 9.99. The SMILES string of the molecule is CNC(=N/C(=N\N(C)C(=NC(=N)c1ccccc1)c1ccccc1)c1ccc(-c2cccc3c4cc(C#N)ccc4n(-c4c(C)c(OC(C)=O)c(-n5c6ccccc6c6cc(C#N)ccc65)c(-n5c6ccccc6c6cc(C#N)ccc65)c4-n4c5ccccc5c5cc(C#N)ccc54)c23)cc1)c1ccccc1. The van der Waals surface area contributed by atoms with E-state index in [4.69, 9.17) is 19.8 Å². The van der Waals surface area contributed by atoms with Crippen LogP contribution in [0.4, 0.5) is 0 Å². The number of amidine groups is 4. The number of nitrogens with one attached hydrogen (secondary N) is 2. The van der Waals surface area contributed by atoms with Gasteiger partial charge in [0.15, 0.2) is 23.3 Å². The summed E-state index contributed by atoms with van der Waals surface area (Å²) in [6.07, 6.45) is 0. The van der Waals surface area contributed by atoms with Crippen LogP contribution in [-0.2, 0) is 4.79 Å². The van der Waals surface area contributed by atoms with Gasteiger partial charge in [-0.2, -0.15) is 26.1 Å². The number of rotatable bonds is 11. The highest BCUT2D eigenvalue weighted by atomic mass is 16.5. The predicted octanol–water partition coefficient (Wildman–Crippen LogP) is 19.2. The lowest BCUT2D eigenvalue weighted by Gasteiger charge is -2.29. The predicted molar refractivity (Wildman–Crippen MR) is 427 cm³/mol. The van der Waals surface area contributed by atoms with Crippen LogP contribution >= 0.6 is 0 Å². The molecule has 0 radical (unpaired) electrons. The quantitative estimate of drug-likeness (QED) is 0.0416. The van der Waals surface area contributed by atoms with E-state index in [0.29, 0.717) is 79.2 Å². The molecule has 0 atom stereocenters. The molecule has 0 aliphatic rings. The molecule has 0 fully saturated rings. The topological polar surface area (TPSA) is 217 Å². The Labute approximate surface area is 613 Å². The van der Waals surface area contributed by atoms with E-state index in [1.54, 1.807) is 18.1 Å². The molecule has 13 aromatic carbocycles. The van der Waals surface area contributed by atoms with Crippen LogP contribution < -0.4 is 10.1 Å². The van der Waals surface area contributed by atoms with Gasteiger partial charge in [0.25, 0.3) is 0 Å². The lowest BCUT2D eigenvalue weighted by Crippen LogP contribution is -2.27. The van der Waals surface area contributed by atoms with Crippen molar-refractivity contribution in [3.63, 3.8) is 0 Å². The van der Waals surface area contributed by atoms with Crippen LogP contribution in [0.25, 0.3) is 121 Å². The molecule has 0 saturated heterocycles. The van der Waals surface area contributed by atoms with E-state index < -0.39 is 5.97 Å². The Hall–Kier alpha value is -15.2. The number of fused-ring (bicyclic) bond motifs is 12. The number of esters is 1. The van der Waals surface area contributed by atoms with Crippen molar-refractivity contribution in [3.8, 4) is 63.9 Å². The summed E-state index contributed by atoms with van der Waals surface area (Å²) in [6.45, 7) is 3.40. The van der Waals surface area contributed by atoms with Crippen LogP contribution in [0.5, 0.6) is 5.75 Å². The molecule has 0 aliphatic carbocycles. The number of hydrogen-bond acceptors (Lipinski definition) is 8. The first kappa shape index (κ1) is 65.1. The molecule has 0 bridgehead atoms. The molecule has 0 amide bonds. The third kappa shape index (κ3) is 10.9. The maximum Gasteiger partial charge on any atom is 0.308 e. The van der Waals surface area contributed by atoms with Gasteiger partial charge in [-0.3, -0.25) is 10.2 Å². The fourth-order valence-corrected chi connectivity index (χ4v) is 15.2. The Balaban J connectivity index is 1.02. The molecule has 2 N–H and O–H groups in total. The Kier molecular flexibility index (Phi) is 16.2. The minimum Gasteiger partial charge on any atom is -0.424 e. The molecular weight excluding hydrogens is 1320 g/mol. The van der Waals surface area contributed by atoms with Crippen molar-refractivity contribution in [2.75, 3.05) is 14.1 Å². The zero-order chi connectivity index (χ0) is 73.1. The van der Waals surface area contributed by atoms with Crippen molar-refractivity contribution >= 4 is 117 Å². The average Bonchev–Trinajstić information content (AvgIpc) is 1.56. The lowest BCUT2D eigenvalue weighted by molar-refractivity contribution is -0.131. The van der Waals surface area contributed by atoms with Crippen molar-refractivity contribution in [3.05, 3.63) is 329 Å². The van der Waals surface area contributed by atoms with Gasteiger partial charge >= 0.3 is 5.97 Å². The maximum atomic E-state index is 14.7. The van der Waals surface area contributed by atoms with Crippen molar-refractivity contribution in [1.29, 1.82) is 26.5 Å². The molecule has 506 valence electrons. The molecule has 0 unspecified atom stereocenters. The second kappa shape index (κ2) is 26.6. The van der Waals surface area contributed by atoms with Crippen molar-refractivity contribution in [2.24, 2.45) is 15.1 Å². The van der Waals surface area contributed by atoms with Crippen LogP contribution in [0.15, 0.2) is 294 Å². The smallest absolute Gasteiger partial charge is 0.308 e. The third-order valence-electron chi connectivity index (χ3n) is 19.8. The molecule has 4 heterocycles. The largest absolute Gasteiger partial charge is 0.424 e. The first-order valence-electron chi connectivity index (χ1n) is 34.7. The fourth-order valence-electron chi connectivity index (χ4n) is 15.2. The number of hydrogen-bond donors (Lipinski definition) is 2. The molecule has 17 rings (SSSR count). The van der Waals surface area contributed by atoms with Gasteiger partial charge in [-0.05, 0) is 103 Å². The fraction of sp³-hybridized carbons (Fsp3) is 0.0440. The van der Waals surface area contributed by atoms with Gasteiger partial charge in [0.1, 0.15) is 17.2 Å². The van der Waals surface area contributed by atoms with E-state index in [1.165, 1.54) is 6.92 Å². The number of carbonyl (C=O) groups excluding carboxylic acids is 1. The molecule has 16 nitrogen and oxygen atoms in total. The van der Waals surface area contributed by atoms with Gasteiger partial charge in [0, 0.05) is 97.5 Å². The summed E-state index contributed by atoms with van der Waals surface area (Å²) in [5, 5.41) is 68.8. The number of hydrazone groups is 1. The maximum absolute atomic E-state index is 14.7. The highest BCUT2D eigenvalue weighted by Crippen LogP contribution is 2.53. The minimum absolute atomic E-state index is 0.0544. The van der Waals surface area contributed by atoms with Crippen molar-refractivity contribution in [1.82, 2.24) is 28.6 Å². The first-order chi connectivity index (χ1) is 52.4. The van der Waals surface area contributed by atoms with Gasteiger partial charge in [-0.1, -0.05) is 188 Å². The third-order valence-corrected chi connectivity index (χ3v) is 19.8. The molecule has 0 spiro atoms. The Morgan fingerprint density at radius 2 is 0.822 bits per heavy atom. The normalized spacial score (nSPS) is 11.9. The van der Waals surface area contributed by atoms with E-state index in [1.807, 2.05) is 238 Å². The zero-order valence-corrected chi connectivity index (χ0v) is 58.2. The first-order valence-corrected chi connectivity index (χ1v) is 34.7. The number of ether oxygens (including phenoxy) is 1. The Bertz CT molecular complexity index is 6890. The van der Waals surface area contributed by atoms with Crippen LogP contribution in [0.2, 0.25) is 0 Å². The van der Waals surface area contributed by atoms with Crippen LogP contribution in [0.3, 0.4) is 0 Å². The van der Waals surface area contributed by atoms with Crippen LogP contribution in [0.1, 0.15) is 57.0 Å². The number of aliphatic imine (C=N–C) groups is 2. The minimum atomic E-state index is -0.589. The average molecular weight is 1380 g/mol. The van der Waals surface area contributed by atoms with Crippen LogP contribution in [0, 0.1) is 57.7 Å². The summed E-state index contributed by atoms with van der Waals surface area (Å²) in [5.74, 6) is 0.996. The van der Waals surface area contributed by atoms with Crippen molar-refractivity contribution in [2.45, 2.75) is 13.8 Å². The number of benzene rings is 13. The van der Waals surface area contributed by atoms with Gasteiger partial charge in [0.05, 0.1) is 102 Å². The van der Waals surface area contributed by atoms with E-state index in [-0.39, 0.29) is 11.6 Å². The summed E-state index contributed by atoms with van der Waals surface area (Å²) in [7, 11) is 3.62. The molecule has 17 aromatic rings. The summed E-state index contributed by atoms with van der Waals surface area (Å²) >= 11 is 0. The summed E-state index contributed by atoms with van der Waals surface area (Å²) in [4.78, 5) is 24.9. The van der Waals surface area contributed by atoms with E-state index in [2.05, 4.69) is 96.4 Å². The molecule has 107 heavy (non-hydrogen) atoms. The van der Waals surface area contributed by atoms with Gasteiger partial charge in [-0.15, -0.1) is 0 Å². The highest BCUT2D eigenvalue weighted by molar-refractivity contribution is 6.19. The number of nitrogens with zero attached hydrogens (tertiary/aromatic N) is 12. The Morgan fingerprint density at radius 3 is 1.29 bits per heavy atom. The van der Waals surface area contributed by atoms with Gasteiger partial charge in [-0.25, -0.2) is 15.0 Å². The summed E-state index contributed by atoms with van der Waals surface area (Å²) in [6, 6.07) is 99.9. The van der Waals surface area contributed by atoms with E-state index in [0.717, 1.165) is 109 Å². The highest BCUT2D eigenvalue weighted by Gasteiger charge is 2.36. The molecule has 4 aromatic heterocycles. The second-order valence-corrected chi connectivity index (χ2v) is 26.0. The summed E-state index contributed by atoms with van der Waals surface area (Å²) in [5.41, 5.74) is 15.1. The van der Waals surface area contributed by atoms with Gasteiger partial charge < -0.3 is 28.3 Å². The molecule has 16 heteroatoms. The van der Waals surface area contributed by atoms with E-state index >= 15 is 0 Å². The van der Waals surface area contributed by atoms with E-state index in [9.17, 15) is 31.3 Å². The van der Waals surface area contributed by atoms with Gasteiger partial charge in [0.2, 0.25) is 0 Å². The number of carbonyl (C=O) groups is 1. The monoisotopic (exact) mass is 1380 g/mol. The molecular formula is C91H60N14O2. The molecule has 0 saturated carbocycles. The number of para-hydroxylation sites is 4. The zero-order valence-electron chi connectivity index (χ0n) is 58.2. The Morgan fingerprint density at radius 1 is 0.421 bits per heavy atom. The number of aromatic nitrogens is 4.